The Labute approximate surface area is 100 Å². The summed E-state index contributed by atoms with van der Waals surface area (Å²) >= 11 is 0. The highest BCUT2D eigenvalue weighted by Gasteiger charge is 2.06. The van der Waals surface area contributed by atoms with Gasteiger partial charge < -0.3 is 14.9 Å². The van der Waals surface area contributed by atoms with Crippen molar-refractivity contribution in [1.82, 2.24) is 4.98 Å². The summed E-state index contributed by atoms with van der Waals surface area (Å²) in [5, 5.41) is 0. The van der Waals surface area contributed by atoms with Crippen molar-refractivity contribution in [3.05, 3.63) is 36.2 Å². The number of nitrogens with zero attached hydrogens (tertiary/aromatic N) is 1. The van der Waals surface area contributed by atoms with E-state index in [2.05, 4.69) is 11.9 Å². The zero-order valence-corrected chi connectivity index (χ0v) is 9.85. The first-order valence-electron chi connectivity index (χ1n) is 5.71. The number of nitrogens with two attached hydrogens (primary N) is 1. The number of hydrogen-bond acceptors (Lipinski definition) is 4. The summed E-state index contributed by atoms with van der Waals surface area (Å²) in [4.78, 5) is 4.27. The average Bonchev–Trinajstić information content (AvgIpc) is 2.85. The van der Waals surface area contributed by atoms with Crippen LogP contribution in [0, 0.1) is 0 Å². The van der Waals surface area contributed by atoms with E-state index in [0.717, 1.165) is 23.4 Å². The van der Waals surface area contributed by atoms with Gasteiger partial charge in [-0.3, -0.25) is 0 Å². The van der Waals surface area contributed by atoms with Crippen LogP contribution in [0.25, 0.3) is 11.5 Å². The molecule has 1 aromatic heterocycles. The molecule has 0 bridgehead atoms. The zero-order chi connectivity index (χ0) is 12.1. The third kappa shape index (κ3) is 2.85. The third-order valence-electron chi connectivity index (χ3n) is 2.31. The van der Waals surface area contributed by atoms with E-state index in [1.807, 2.05) is 24.3 Å². The molecule has 0 amide bonds. The second-order valence-corrected chi connectivity index (χ2v) is 3.72. The van der Waals surface area contributed by atoms with Crippen molar-refractivity contribution in [3.63, 3.8) is 0 Å². The van der Waals surface area contributed by atoms with E-state index >= 15 is 0 Å². The summed E-state index contributed by atoms with van der Waals surface area (Å²) in [5.74, 6) is 1.41. The van der Waals surface area contributed by atoms with Crippen molar-refractivity contribution in [3.8, 4) is 17.2 Å². The fourth-order valence-electron chi connectivity index (χ4n) is 1.47. The molecule has 2 rings (SSSR count). The fourth-order valence-corrected chi connectivity index (χ4v) is 1.47. The number of oxazole rings is 1. The molecule has 2 aromatic rings. The molecular formula is C13H16N2O2. The van der Waals surface area contributed by atoms with Gasteiger partial charge in [-0.05, 0) is 24.6 Å². The predicted octanol–water partition coefficient (Wildman–Crippen LogP) is 2.59. The van der Waals surface area contributed by atoms with E-state index in [4.69, 9.17) is 14.9 Å². The Balaban J connectivity index is 2.20. The standard InChI is InChI=1S/C13H16N2O2/c1-2-6-16-12-5-3-4-10(7-12)13-15-11(8-14)9-17-13/h3-5,7,9H,2,6,8,14H2,1H3. The first-order valence-corrected chi connectivity index (χ1v) is 5.71. The zero-order valence-electron chi connectivity index (χ0n) is 9.85. The predicted molar refractivity (Wildman–Crippen MR) is 65.6 cm³/mol. The second-order valence-electron chi connectivity index (χ2n) is 3.72. The van der Waals surface area contributed by atoms with Gasteiger partial charge in [-0.2, -0.15) is 0 Å². The van der Waals surface area contributed by atoms with Crippen molar-refractivity contribution < 1.29 is 9.15 Å². The van der Waals surface area contributed by atoms with Crippen LogP contribution < -0.4 is 10.5 Å². The van der Waals surface area contributed by atoms with Crippen LogP contribution in [0.2, 0.25) is 0 Å². The highest BCUT2D eigenvalue weighted by atomic mass is 16.5. The number of hydrogen-bond donors (Lipinski definition) is 1. The van der Waals surface area contributed by atoms with Crippen LogP contribution in [-0.4, -0.2) is 11.6 Å². The maximum atomic E-state index is 5.56. The lowest BCUT2D eigenvalue weighted by molar-refractivity contribution is 0.317. The molecule has 0 atom stereocenters. The van der Waals surface area contributed by atoms with Gasteiger partial charge in [0.15, 0.2) is 0 Å². The highest BCUT2D eigenvalue weighted by Crippen LogP contribution is 2.23. The molecule has 0 aliphatic rings. The molecule has 0 spiro atoms. The van der Waals surface area contributed by atoms with E-state index in [0.29, 0.717) is 19.0 Å². The Morgan fingerprint density at radius 1 is 1.41 bits per heavy atom. The first kappa shape index (κ1) is 11.7. The van der Waals surface area contributed by atoms with Crippen LogP contribution in [0.5, 0.6) is 5.75 Å². The minimum atomic E-state index is 0.384. The van der Waals surface area contributed by atoms with Crippen molar-refractivity contribution in [1.29, 1.82) is 0 Å². The SMILES string of the molecule is CCCOc1cccc(-c2nc(CN)co2)c1. The minimum absolute atomic E-state index is 0.384. The van der Waals surface area contributed by atoms with Crippen LogP contribution in [-0.2, 0) is 6.54 Å². The van der Waals surface area contributed by atoms with Gasteiger partial charge >= 0.3 is 0 Å². The molecule has 0 saturated heterocycles. The van der Waals surface area contributed by atoms with Crippen LogP contribution in [0.15, 0.2) is 34.9 Å². The number of rotatable bonds is 5. The summed E-state index contributed by atoms with van der Waals surface area (Å²) in [5.41, 5.74) is 7.14. The average molecular weight is 232 g/mol. The molecule has 17 heavy (non-hydrogen) atoms. The summed E-state index contributed by atoms with van der Waals surface area (Å²) in [6.45, 7) is 3.17. The van der Waals surface area contributed by atoms with E-state index < -0.39 is 0 Å². The van der Waals surface area contributed by atoms with Crippen molar-refractivity contribution in [2.75, 3.05) is 6.61 Å². The van der Waals surface area contributed by atoms with Gasteiger partial charge in [0, 0.05) is 12.1 Å². The topological polar surface area (TPSA) is 61.3 Å². The van der Waals surface area contributed by atoms with Crippen LogP contribution in [0.3, 0.4) is 0 Å². The fraction of sp³-hybridized carbons (Fsp3) is 0.308. The van der Waals surface area contributed by atoms with Crippen molar-refractivity contribution in [2.24, 2.45) is 5.73 Å². The molecule has 0 fully saturated rings. The number of aromatic nitrogens is 1. The maximum Gasteiger partial charge on any atom is 0.226 e. The smallest absolute Gasteiger partial charge is 0.226 e. The van der Waals surface area contributed by atoms with Gasteiger partial charge in [0.25, 0.3) is 0 Å². The van der Waals surface area contributed by atoms with E-state index in [-0.39, 0.29) is 0 Å². The van der Waals surface area contributed by atoms with Gasteiger partial charge in [-0.1, -0.05) is 13.0 Å². The Morgan fingerprint density at radius 2 is 2.29 bits per heavy atom. The number of benzene rings is 1. The lowest BCUT2D eigenvalue weighted by Gasteiger charge is -2.04. The van der Waals surface area contributed by atoms with Crippen LogP contribution in [0.1, 0.15) is 19.0 Å². The third-order valence-corrected chi connectivity index (χ3v) is 2.31. The molecule has 0 aliphatic carbocycles. The monoisotopic (exact) mass is 232 g/mol. The van der Waals surface area contributed by atoms with Crippen LogP contribution in [0.4, 0.5) is 0 Å². The Morgan fingerprint density at radius 3 is 3.00 bits per heavy atom. The first-order chi connectivity index (χ1) is 8.33. The molecule has 0 unspecified atom stereocenters. The molecule has 2 N–H and O–H groups in total. The Hall–Kier alpha value is -1.81. The molecule has 0 radical (unpaired) electrons. The molecule has 0 saturated carbocycles. The Kier molecular flexibility index (Phi) is 3.77. The summed E-state index contributed by atoms with van der Waals surface area (Å²) < 4.78 is 10.9. The Bertz CT molecular complexity index is 480. The van der Waals surface area contributed by atoms with E-state index in [1.54, 1.807) is 6.26 Å². The van der Waals surface area contributed by atoms with E-state index in [1.165, 1.54) is 0 Å². The normalized spacial score (nSPS) is 10.5. The van der Waals surface area contributed by atoms with Gasteiger partial charge in [-0.25, -0.2) is 4.98 Å². The second kappa shape index (κ2) is 5.50. The summed E-state index contributed by atoms with van der Waals surface area (Å²) in [6, 6.07) is 7.70. The van der Waals surface area contributed by atoms with Crippen molar-refractivity contribution >= 4 is 0 Å². The van der Waals surface area contributed by atoms with E-state index in [9.17, 15) is 0 Å². The van der Waals surface area contributed by atoms with Gasteiger partial charge in [-0.15, -0.1) is 0 Å². The lowest BCUT2D eigenvalue weighted by atomic mass is 10.2. The largest absolute Gasteiger partial charge is 0.494 e. The van der Waals surface area contributed by atoms with Crippen LogP contribution >= 0.6 is 0 Å². The number of ether oxygens (including phenoxy) is 1. The molecule has 1 heterocycles. The lowest BCUT2D eigenvalue weighted by Crippen LogP contribution is -1.96. The highest BCUT2D eigenvalue weighted by molar-refractivity contribution is 5.55. The molecule has 4 heteroatoms. The molecular weight excluding hydrogens is 216 g/mol. The molecule has 1 aromatic carbocycles. The summed E-state index contributed by atoms with van der Waals surface area (Å²) in [6.07, 6.45) is 2.56. The van der Waals surface area contributed by atoms with Crippen molar-refractivity contribution in [2.45, 2.75) is 19.9 Å². The van der Waals surface area contributed by atoms with Gasteiger partial charge in [0.2, 0.25) is 5.89 Å². The minimum Gasteiger partial charge on any atom is -0.494 e. The van der Waals surface area contributed by atoms with Gasteiger partial charge in [0.1, 0.15) is 12.0 Å². The maximum absolute atomic E-state index is 5.56. The quantitative estimate of drug-likeness (QED) is 0.860. The van der Waals surface area contributed by atoms with Gasteiger partial charge in [0.05, 0.1) is 12.3 Å². The molecule has 4 nitrogen and oxygen atoms in total. The molecule has 0 aliphatic heterocycles. The molecule has 90 valence electrons. The summed E-state index contributed by atoms with van der Waals surface area (Å²) in [7, 11) is 0.